The molecule has 0 saturated heterocycles. The van der Waals surface area contributed by atoms with Crippen molar-refractivity contribution < 1.29 is 9.50 Å². The molecular formula is C18H22FN2O2. The second kappa shape index (κ2) is 6.22. The van der Waals surface area contributed by atoms with Gasteiger partial charge < -0.3 is 10.3 Å². The Kier molecular flexibility index (Phi) is 4.28. The molecule has 1 aromatic carbocycles. The molecule has 0 aliphatic heterocycles. The lowest BCUT2D eigenvalue weighted by Crippen LogP contribution is -2.24. The van der Waals surface area contributed by atoms with Crippen molar-refractivity contribution in [3.63, 3.8) is 0 Å². The summed E-state index contributed by atoms with van der Waals surface area (Å²) in [6.45, 7) is 3.92. The third-order valence-corrected chi connectivity index (χ3v) is 4.66. The van der Waals surface area contributed by atoms with Gasteiger partial charge >= 0.3 is 0 Å². The zero-order valence-corrected chi connectivity index (χ0v) is 13.5. The van der Waals surface area contributed by atoms with Gasteiger partial charge in [-0.05, 0) is 24.8 Å². The van der Waals surface area contributed by atoms with Crippen LogP contribution in [0.2, 0.25) is 0 Å². The lowest BCUT2D eigenvalue weighted by molar-refractivity contribution is 0.350. The molecular weight excluding hydrogens is 295 g/mol. The van der Waals surface area contributed by atoms with E-state index in [1.165, 1.54) is 18.7 Å². The van der Waals surface area contributed by atoms with E-state index in [0.717, 1.165) is 31.2 Å². The highest BCUT2D eigenvalue weighted by Crippen LogP contribution is 2.35. The van der Waals surface area contributed by atoms with E-state index in [2.05, 4.69) is 10.3 Å². The van der Waals surface area contributed by atoms with Gasteiger partial charge in [-0.1, -0.05) is 33.1 Å². The van der Waals surface area contributed by atoms with Gasteiger partial charge in [-0.2, -0.15) is 0 Å². The predicted molar refractivity (Wildman–Crippen MR) is 89.2 cm³/mol. The van der Waals surface area contributed by atoms with Crippen LogP contribution in [-0.4, -0.2) is 11.0 Å². The molecule has 5 heteroatoms. The van der Waals surface area contributed by atoms with Crippen molar-refractivity contribution in [1.29, 1.82) is 0 Å². The van der Waals surface area contributed by atoms with Crippen molar-refractivity contribution in [1.82, 2.24) is 4.98 Å². The second-order valence-electron chi connectivity index (χ2n) is 6.69. The molecule has 1 fully saturated rings. The highest BCUT2D eigenvalue weighted by atomic mass is 19.1. The van der Waals surface area contributed by atoms with Gasteiger partial charge in [0.25, 0.3) is 0 Å². The van der Waals surface area contributed by atoms with E-state index in [4.69, 9.17) is 0 Å². The van der Waals surface area contributed by atoms with Crippen LogP contribution in [0.3, 0.4) is 0 Å². The van der Waals surface area contributed by atoms with Crippen LogP contribution in [0.25, 0.3) is 10.9 Å². The average Bonchev–Trinajstić information content (AvgIpc) is 2.53. The topological polar surface area (TPSA) is 64.8 Å². The third-order valence-electron chi connectivity index (χ3n) is 4.66. The number of pyridine rings is 1. The Morgan fingerprint density at radius 1 is 1.26 bits per heavy atom. The first-order chi connectivity index (χ1) is 11.0. The molecule has 3 rings (SSSR count). The third kappa shape index (κ3) is 2.92. The van der Waals surface area contributed by atoms with E-state index < -0.39 is 17.0 Å². The summed E-state index contributed by atoms with van der Waals surface area (Å²) in [5, 5.41) is 15.0. The van der Waals surface area contributed by atoms with E-state index in [0.29, 0.717) is 11.2 Å². The number of rotatable bonds is 3. The fraction of sp³-hybridized carbons (Fsp3) is 0.500. The van der Waals surface area contributed by atoms with Crippen LogP contribution in [0, 0.1) is 5.82 Å². The fourth-order valence-electron chi connectivity index (χ4n) is 3.52. The largest absolute Gasteiger partial charge is 0.380 e. The lowest BCUT2D eigenvalue weighted by atomic mass is 9.92. The van der Waals surface area contributed by atoms with Gasteiger partial charge in [-0.3, -0.25) is 9.90 Å². The fourth-order valence-corrected chi connectivity index (χ4v) is 3.52. The van der Waals surface area contributed by atoms with Gasteiger partial charge in [-0.25, -0.2) is 4.39 Å². The molecule has 4 nitrogen and oxygen atoms in total. The van der Waals surface area contributed by atoms with E-state index >= 15 is 0 Å². The summed E-state index contributed by atoms with van der Waals surface area (Å²) in [5.41, 5.74) is 1.12. The number of aromatic amines is 1. The summed E-state index contributed by atoms with van der Waals surface area (Å²) in [7, 11) is 0. The van der Waals surface area contributed by atoms with Crippen LogP contribution in [0.15, 0.2) is 17.1 Å². The summed E-state index contributed by atoms with van der Waals surface area (Å²) < 4.78 is 14.7. The number of benzene rings is 1. The van der Waals surface area contributed by atoms with Crippen LogP contribution >= 0.6 is 0 Å². The number of nitrogens with one attached hydrogen (secondary N) is 2. The summed E-state index contributed by atoms with van der Waals surface area (Å²) in [6, 6.07) is 1.45. The molecule has 0 atom stereocenters. The number of hydrogen-bond donors (Lipinski definition) is 2. The molecule has 23 heavy (non-hydrogen) atoms. The van der Waals surface area contributed by atoms with Gasteiger partial charge in [0.15, 0.2) is 0 Å². The molecule has 0 unspecified atom stereocenters. The molecule has 1 aliphatic rings. The van der Waals surface area contributed by atoms with Crippen molar-refractivity contribution in [3.05, 3.63) is 33.9 Å². The number of anilines is 1. The number of aromatic nitrogens is 1. The van der Waals surface area contributed by atoms with Crippen molar-refractivity contribution in [3.8, 4) is 5.75 Å². The SMILES string of the molecule is CC(C)c1c(NC2CCCCC2)c(F)cc2c(=O)c([O])c[nH]c12. The molecule has 1 saturated carbocycles. The Labute approximate surface area is 134 Å². The zero-order valence-electron chi connectivity index (χ0n) is 13.5. The molecule has 1 aliphatic carbocycles. The summed E-state index contributed by atoms with van der Waals surface area (Å²) in [6.07, 6.45) is 6.77. The average molecular weight is 317 g/mol. The van der Waals surface area contributed by atoms with Crippen LogP contribution in [0.1, 0.15) is 57.4 Å². The summed E-state index contributed by atoms with van der Waals surface area (Å²) in [5.74, 6) is -1.07. The predicted octanol–water partition coefficient (Wildman–Crippen LogP) is 4.68. The van der Waals surface area contributed by atoms with E-state index in [-0.39, 0.29) is 17.3 Å². The van der Waals surface area contributed by atoms with E-state index in [1.807, 2.05) is 13.8 Å². The first-order valence-corrected chi connectivity index (χ1v) is 8.30. The maximum atomic E-state index is 14.7. The van der Waals surface area contributed by atoms with Crippen LogP contribution in [0.5, 0.6) is 5.75 Å². The van der Waals surface area contributed by atoms with E-state index in [9.17, 15) is 14.3 Å². The molecule has 1 aromatic heterocycles. The van der Waals surface area contributed by atoms with E-state index in [1.54, 1.807) is 0 Å². The lowest BCUT2D eigenvalue weighted by Gasteiger charge is -2.27. The van der Waals surface area contributed by atoms with Crippen molar-refractivity contribution in [2.75, 3.05) is 5.32 Å². The Morgan fingerprint density at radius 2 is 1.96 bits per heavy atom. The first-order valence-electron chi connectivity index (χ1n) is 8.30. The minimum Gasteiger partial charge on any atom is -0.380 e. The maximum absolute atomic E-state index is 14.7. The normalized spacial score (nSPS) is 16.2. The molecule has 0 bridgehead atoms. The van der Waals surface area contributed by atoms with Crippen LogP contribution < -0.4 is 10.7 Å². The molecule has 1 heterocycles. The van der Waals surface area contributed by atoms with Gasteiger partial charge in [-0.15, -0.1) is 0 Å². The van der Waals surface area contributed by atoms with Crippen LogP contribution in [-0.2, 0) is 5.11 Å². The number of hydrogen-bond acceptors (Lipinski definition) is 2. The first kappa shape index (κ1) is 15.8. The highest BCUT2D eigenvalue weighted by molar-refractivity contribution is 5.88. The molecule has 0 spiro atoms. The van der Waals surface area contributed by atoms with Gasteiger partial charge in [0.1, 0.15) is 5.82 Å². The maximum Gasteiger partial charge on any atom is 0.242 e. The van der Waals surface area contributed by atoms with Gasteiger partial charge in [0.2, 0.25) is 11.2 Å². The Hall–Kier alpha value is -2.04. The number of fused-ring (bicyclic) bond motifs is 1. The van der Waals surface area contributed by atoms with Crippen molar-refractivity contribution in [2.24, 2.45) is 0 Å². The highest BCUT2D eigenvalue weighted by Gasteiger charge is 2.22. The summed E-state index contributed by atoms with van der Waals surface area (Å²) >= 11 is 0. The molecule has 0 amide bonds. The minimum absolute atomic E-state index is 0.0208. The smallest absolute Gasteiger partial charge is 0.242 e. The van der Waals surface area contributed by atoms with Crippen molar-refractivity contribution >= 4 is 16.6 Å². The Morgan fingerprint density at radius 3 is 2.61 bits per heavy atom. The minimum atomic E-state index is -0.649. The second-order valence-corrected chi connectivity index (χ2v) is 6.69. The van der Waals surface area contributed by atoms with Crippen molar-refractivity contribution in [2.45, 2.75) is 57.9 Å². The monoisotopic (exact) mass is 317 g/mol. The molecule has 2 N–H and O–H groups in total. The van der Waals surface area contributed by atoms with Crippen LogP contribution in [0.4, 0.5) is 10.1 Å². The Balaban J connectivity index is 2.16. The molecule has 2 aromatic rings. The number of H-pyrrole nitrogens is 1. The van der Waals surface area contributed by atoms with Gasteiger partial charge in [0.05, 0.1) is 22.8 Å². The zero-order chi connectivity index (χ0) is 16.6. The molecule has 123 valence electrons. The quantitative estimate of drug-likeness (QED) is 0.863. The summed E-state index contributed by atoms with van der Waals surface area (Å²) in [4.78, 5) is 14.9. The van der Waals surface area contributed by atoms with Gasteiger partial charge in [0, 0.05) is 11.6 Å². The number of halogens is 1. The molecule has 1 radical (unpaired) electrons. The Bertz CT molecular complexity index is 777. The standard InChI is InChI=1S/C18H22FN2O2/c1-10(2)15-16-12(18(23)14(22)9-20-16)8-13(19)17(15)21-11-6-4-3-5-7-11/h8-11,21H,3-7H2,1-2H3,(H,20,23).